The second kappa shape index (κ2) is 8.41. The van der Waals surface area contributed by atoms with Crippen LogP contribution in [0.2, 0.25) is 0 Å². The third-order valence-electron chi connectivity index (χ3n) is 4.58. The molecule has 1 aliphatic rings. The van der Waals surface area contributed by atoms with E-state index in [4.69, 9.17) is 0 Å². The molecule has 30 heavy (non-hydrogen) atoms. The molecule has 0 atom stereocenters. The maximum atomic E-state index is 12.6. The van der Waals surface area contributed by atoms with Crippen molar-refractivity contribution in [2.45, 2.75) is 25.7 Å². The van der Waals surface area contributed by atoms with Gasteiger partial charge in [0.2, 0.25) is 5.13 Å². The van der Waals surface area contributed by atoms with Crippen molar-refractivity contribution >= 4 is 22.4 Å². The van der Waals surface area contributed by atoms with Crippen LogP contribution in [-0.4, -0.2) is 29.0 Å². The third kappa shape index (κ3) is 4.95. The number of fused-ring (bicyclic) bond motifs is 1. The number of halogens is 3. The molecule has 2 aromatic carbocycles. The van der Waals surface area contributed by atoms with Gasteiger partial charge in [0.15, 0.2) is 0 Å². The zero-order valence-electron chi connectivity index (χ0n) is 15.6. The van der Waals surface area contributed by atoms with Crippen molar-refractivity contribution in [3.05, 3.63) is 69.7 Å². The number of nitrogens with one attached hydrogen (secondary N) is 2. The van der Waals surface area contributed by atoms with Crippen LogP contribution in [0.25, 0.3) is 0 Å². The van der Waals surface area contributed by atoms with Crippen LogP contribution in [0, 0.1) is 0 Å². The van der Waals surface area contributed by atoms with Gasteiger partial charge < -0.3 is 10.1 Å². The number of para-hydroxylation sites is 1. The lowest BCUT2D eigenvalue weighted by Crippen LogP contribution is -2.24. The van der Waals surface area contributed by atoms with Crippen molar-refractivity contribution in [2.75, 3.05) is 11.9 Å². The predicted octanol–water partition coefficient (Wildman–Crippen LogP) is 3.93. The van der Waals surface area contributed by atoms with Gasteiger partial charge in [-0.3, -0.25) is 10.1 Å². The predicted molar refractivity (Wildman–Crippen MR) is 106 cm³/mol. The average molecular weight is 434 g/mol. The highest BCUT2D eigenvalue weighted by Crippen LogP contribution is 2.29. The molecule has 1 aliphatic heterocycles. The van der Waals surface area contributed by atoms with Crippen LogP contribution >= 0.6 is 11.3 Å². The Labute approximate surface area is 174 Å². The Kier molecular flexibility index (Phi) is 5.69. The Morgan fingerprint density at radius 1 is 1.17 bits per heavy atom. The molecule has 4 rings (SSSR count). The summed E-state index contributed by atoms with van der Waals surface area (Å²) >= 11 is 1.11. The molecule has 0 bridgehead atoms. The van der Waals surface area contributed by atoms with Gasteiger partial charge in [0, 0.05) is 24.1 Å². The number of rotatable bonds is 5. The summed E-state index contributed by atoms with van der Waals surface area (Å²) in [6.07, 6.45) is -3.81. The fourth-order valence-corrected chi connectivity index (χ4v) is 3.96. The van der Waals surface area contributed by atoms with Crippen LogP contribution in [0.15, 0.2) is 42.5 Å². The molecule has 156 valence electrons. The second-order valence-corrected chi connectivity index (χ2v) is 7.76. The summed E-state index contributed by atoms with van der Waals surface area (Å²) in [5.41, 5.74) is 3.17. The molecule has 1 aromatic heterocycles. The summed E-state index contributed by atoms with van der Waals surface area (Å²) in [5.74, 6) is -0.589. The Hall–Kier alpha value is -2.98. The first kappa shape index (κ1) is 20.3. The van der Waals surface area contributed by atoms with Crippen LogP contribution in [-0.2, 0) is 19.4 Å². The lowest BCUT2D eigenvalue weighted by Gasteiger charge is -2.17. The highest BCUT2D eigenvalue weighted by atomic mass is 32.1. The number of carbonyl (C=O) groups is 1. The highest BCUT2D eigenvalue weighted by molar-refractivity contribution is 7.15. The molecule has 0 aliphatic carbocycles. The summed E-state index contributed by atoms with van der Waals surface area (Å²) < 4.78 is 41.8. The lowest BCUT2D eigenvalue weighted by molar-refractivity contribution is -0.274. The minimum absolute atomic E-state index is 0.103. The number of alkyl halides is 3. The van der Waals surface area contributed by atoms with E-state index in [2.05, 4.69) is 25.6 Å². The van der Waals surface area contributed by atoms with Gasteiger partial charge in [-0.25, -0.2) is 0 Å². The fourth-order valence-electron chi connectivity index (χ4n) is 3.20. The molecule has 0 radical (unpaired) electrons. The molecule has 0 saturated carbocycles. The van der Waals surface area contributed by atoms with Crippen LogP contribution in [0.3, 0.4) is 0 Å². The van der Waals surface area contributed by atoms with E-state index in [-0.39, 0.29) is 23.2 Å². The molecule has 6 nitrogen and oxygen atoms in total. The van der Waals surface area contributed by atoms with Crippen LogP contribution in [0.5, 0.6) is 5.75 Å². The van der Waals surface area contributed by atoms with E-state index < -0.39 is 6.36 Å². The first-order valence-corrected chi connectivity index (χ1v) is 9.99. The lowest BCUT2D eigenvalue weighted by atomic mass is 9.98. The number of benzene rings is 2. The van der Waals surface area contributed by atoms with Crippen molar-refractivity contribution < 1.29 is 22.7 Å². The number of anilines is 1. The first-order chi connectivity index (χ1) is 14.4. The molecular weight excluding hydrogens is 417 g/mol. The molecule has 0 spiro atoms. The van der Waals surface area contributed by atoms with Crippen molar-refractivity contribution in [3.8, 4) is 5.75 Å². The molecule has 2 N–H and O–H groups in total. The number of aromatic nitrogens is 2. The monoisotopic (exact) mass is 434 g/mol. The topological polar surface area (TPSA) is 76.1 Å². The number of hydrogen-bond acceptors (Lipinski definition) is 6. The van der Waals surface area contributed by atoms with Crippen molar-refractivity contribution in [1.29, 1.82) is 0 Å². The Balaban J connectivity index is 1.44. The van der Waals surface area contributed by atoms with Gasteiger partial charge in [0.1, 0.15) is 10.8 Å². The maximum absolute atomic E-state index is 12.6. The summed E-state index contributed by atoms with van der Waals surface area (Å²) in [5, 5.41) is 14.6. The summed E-state index contributed by atoms with van der Waals surface area (Å²) in [6.45, 7) is 1.66. The largest absolute Gasteiger partial charge is 0.573 e. The Morgan fingerprint density at radius 2 is 2.00 bits per heavy atom. The first-order valence-electron chi connectivity index (χ1n) is 9.17. The van der Waals surface area contributed by atoms with Crippen molar-refractivity contribution in [1.82, 2.24) is 15.5 Å². The van der Waals surface area contributed by atoms with Gasteiger partial charge >= 0.3 is 6.36 Å². The number of ether oxygens (including phenoxy) is 1. The van der Waals surface area contributed by atoms with E-state index >= 15 is 0 Å². The quantitative estimate of drug-likeness (QED) is 0.637. The molecule has 1 amide bonds. The van der Waals surface area contributed by atoms with Crippen molar-refractivity contribution in [3.63, 3.8) is 0 Å². The van der Waals surface area contributed by atoms with E-state index in [0.29, 0.717) is 16.1 Å². The van der Waals surface area contributed by atoms with Crippen LogP contribution < -0.4 is 15.4 Å². The van der Waals surface area contributed by atoms with Gasteiger partial charge in [-0.1, -0.05) is 35.6 Å². The summed E-state index contributed by atoms with van der Waals surface area (Å²) in [7, 11) is 0. The Morgan fingerprint density at radius 3 is 2.83 bits per heavy atom. The minimum atomic E-state index is -4.78. The standard InChI is InChI=1S/C20H17F3N4O2S/c21-20(22,23)29-16-4-2-1-3-13(16)10-17-26-27-19(30-17)25-18(28)14-5-6-15-11-24-8-7-12(15)9-14/h1-6,9,24H,7-8,10-11H2,(H,25,27,28). The van der Waals surface area contributed by atoms with E-state index in [1.165, 1.54) is 23.8 Å². The molecule has 2 heterocycles. The van der Waals surface area contributed by atoms with Gasteiger partial charge in [-0.15, -0.1) is 23.4 Å². The fraction of sp³-hybridized carbons (Fsp3) is 0.250. The summed E-state index contributed by atoms with van der Waals surface area (Å²) in [4.78, 5) is 12.5. The molecule has 10 heteroatoms. The average Bonchev–Trinajstić information content (AvgIpc) is 3.15. The zero-order chi connectivity index (χ0) is 21.1. The van der Waals surface area contributed by atoms with Gasteiger partial charge in [0.05, 0.1) is 0 Å². The smallest absolute Gasteiger partial charge is 0.405 e. The highest BCUT2D eigenvalue weighted by Gasteiger charge is 2.32. The zero-order valence-corrected chi connectivity index (χ0v) is 16.4. The third-order valence-corrected chi connectivity index (χ3v) is 5.42. The SMILES string of the molecule is O=C(Nc1nnc(Cc2ccccc2OC(F)(F)F)s1)c1ccc2c(c1)CCNC2. The van der Waals surface area contributed by atoms with E-state index in [1.54, 1.807) is 12.1 Å². The van der Waals surface area contributed by atoms with Crippen LogP contribution in [0.4, 0.5) is 18.3 Å². The molecule has 0 saturated heterocycles. The molecule has 3 aromatic rings. The van der Waals surface area contributed by atoms with E-state index in [0.717, 1.165) is 36.4 Å². The minimum Gasteiger partial charge on any atom is -0.405 e. The van der Waals surface area contributed by atoms with Crippen LogP contribution in [0.1, 0.15) is 32.1 Å². The molecule has 0 unspecified atom stereocenters. The van der Waals surface area contributed by atoms with Gasteiger partial charge in [0.25, 0.3) is 5.91 Å². The Bertz CT molecular complexity index is 1070. The number of carbonyl (C=O) groups excluding carboxylic acids is 1. The molecular formula is C20H17F3N4O2S. The number of hydrogen-bond donors (Lipinski definition) is 2. The van der Waals surface area contributed by atoms with Gasteiger partial charge in [-0.05, 0) is 42.3 Å². The number of amides is 1. The second-order valence-electron chi connectivity index (χ2n) is 6.70. The number of nitrogens with zero attached hydrogens (tertiary/aromatic N) is 2. The van der Waals surface area contributed by atoms with Crippen molar-refractivity contribution in [2.24, 2.45) is 0 Å². The molecule has 0 fully saturated rings. The summed E-state index contributed by atoms with van der Waals surface area (Å²) in [6, 6.07) is 11.4. The normalized spacial score (nSPS) is 13.6. The van der Waals surface area contributed by atoms with Gasteiger partial charge in [-0.2, -0.15) is 0 Å². The van der Waals surface area contributed by atoms with E-state index in [1.807, 2.05) is 12.1 Å². The maximum Gasteiger partial charge on any atom is 0.573 e. The van der Waals surface area contributed by atoms with E-state index in [9.17, 15) is 18.0 Å².